The van der Waals surface area contributed by atoms with Crippen LogP contribution in [0.4, 0.5) is 0 Å². The number of hydrogen-bond acceptors (Lipinski definition) is 12. The molecule has 0 fully saturated rings. The number of carboxylic acids is 1. The summed E-state index contributed by atoms with van der Waals surface area (Å²) < 4.78 is 0. The maximum absolute atomic E-state index is 13.0. The number of carboxylic acid groups (broad SMARTS) is 1. The van der Waals surface area contributed by atoms with Crippen LogP contribution in [0.3, 0.4) is 0 Å². The Morgan fingerprint density at radius 1 is 0.596 bits per heavy atom. The summed E-state index contributed by atoms with van der Waals surface area (Å²) in [5, 5.41) is 42.4. The van der Waals surface area contributed by atoms with Gasteiger partial charge in [-0.2, -0.15) is 0 Å². The lowest BCUT2D eigenvalue weighted by Crippen LogP contribution is -2.62. The minimum absolute atomic E-state index is 0.315. The number of nitrogens with one attached hydrogen (secondary N) is 6. The molecule has 0 heterocycles. The number of hydrogen-bond donors (Lipinski definition) is 12. The second-order valence-electron chi connectivity index (χ2n) is 11.1. The van der Waals surface area contributed by atoms with E-state index in [0.717, 1.165) is 20.8 Å². The third-order valence-corrected chi connectivity index (χ3v) is 6.70. The molecule has 7 amide bonds. The topological polar surface area (TPSA) is 347 Å². The van der Waals surface area contributed by atoms with E-state index in [1.807, 2.05) is 0 Å². The monoisotopic (exact) mass is 675 g/mol. The minimum atomic E-state index is -1.74. The first-order valence-electron chi connectivity index (χ1n) is 14.9. The normalized spacial score (nSPS) is 16.7. The summed E-state index contributed by atoms with van der Waals surface area (Å²) in [4.78, 5) is 98.8. The predicted molar refractivity (Wildman–Crippen MR) is 164 cm³/mol. The Bertz CT molecular complexity index is 1140. The largest absolute Gasteiger partial charge is 0.480 e. The summed E-state index contributed by atoms with van der Waals surface area (Å²) in [7, 11) is 0. The number of nitrogens with two attached hydrogens (primary N) is 3. The van der Waals surface area contributed by atoms with Crippen LogP contribution in [-0.2, 0) is 38.4 Å². The molecule has 47 heavy (non-hydrogen) atoms. The quantitative estimate of drug-likeness (QED) is 0.0505. The highest BCUT2D eigenvalue weighted by molar-refractivity contribution is 5.98. The highest BCUT2D eigenvalue weighted by atomic mass is 16.4. The summed E-state index contributed by atoms with van der Waals surface area (Å²) in [6, 6.07) is -9.87. The molecule has 15 N–H and O–H groups in total. The van der Waals surface area contributed by atoms with Gasteiger partial charge in [0, 0.05) is 0 Å². The summed E-state index contributed by atoms with van der Waals surface area (Å²) in [6.45, 7) is 6.35. The number of aliphatic carboxylic acids is 1. The van der Waals surface area contributed by atoms with Crippen LogP contribution in [0.25, 0.3) is 0 Å². The van der Waals surface area contributed by atoms with Crippen LogP contribution < -0.4 is 49.1 Å². The summed E-state index contributed by atoms with van der Waals surface area (Å²) >= 11 is 0. The van der Waals surface area contributed by atoms with Crippen LogP contribution >= 0.6 is 0 Å². The fourth-order valence-electron chi connectivity index (χ4n) is 3.81. The highest BCUT2D eigenvalue weighted by Crippen LogP contribution is 2.03. The highest BCUT2D eigenvalue weighted by Gasteiger charge is 2.34. The maximum atomic E-state index is 13.0. The predicted octanol–water partition coefficient (Wildman–Crippen LogP) is -5.87. The molecule has 268 valence electrons. The van der Waals surface area contributed by atoms with E-state index in [1.54, 1.807) is 0 Å². The molecule has 0 bridgehead atoms. The Morgan fingerprint density at radius 3 is 1.45 bits per heavy atom. The van der Waals surface area contributed by atoms with Gasteiger partial charge in [0.1, 0.15) is 36.3 Å². The molecule has 0 aromatic rings. The van der Waals surface area contributed by atoms with Crippen molar-refractivity contribution >= 4 is 47.3 Å². The van der Waals surface area contributed by atoms with Gasteiger partial charge in [0.15, 0.2) is 0 Å². The lowest BCUT2D eigenvalue weighted by Gasteiger charge is -2.27. The first-order chi connectivity index (χ1) is 21.7. The van der Waals surface area contributed by atoms with Gasteiger partial charge in [-0.1, -0.05) is 6.42 Å². The molecule has 0 spiro atoms. The number of carbonyl (C=O) groups is 8. The number of aliphatic hydroxyl groups is 2. The van der Waals surface area contributed by atoms with Crippen molar-refractivity contribution in [2.24, 2.45) is 17.2 Å². The molecule has 0 aliphatic heterocycles. The van der Waals surface area contributed by atoms with Crippen LogP contribution in [0, 0.1) is 0 Å². The molecule has 0 aliphatic rings. The van der Waals surface area contributed by atoms with Gasteiger partial charge in [-0.05, 0) is 54.0 Å². The second-order valence-corrected chi connectivity index (χ2v) is 11.1. The molecule has 9 atom stereocenters. The third kappa shape index (κ3) is 15.6. The van der Waals surface area contributed by atoms with Gasteiger partial charge in [0.2, 0.25) is 41.4 Å². The van der Waals surface area contributed by atoms with E-state index in [2.05, 4.69) is 31.9 Å². The van der Waals surface area contributed by atoms with Crippen molar-refractivity contribution in [3.05, 3.63) is 0 Å². The van der Waals surface area contributed by atoms with Crippen LogP contribution in [0.1, 0.15) is 60.3 Å². The van der Waals surface area contributed by atoms with Crippen molar-refractivity contribution in [1.29, 1.82) is 0 Å². The molecular formula is C27H49N9O11. The Labute approximate surface area is 271 Å². The number of primary amides is 1. The fraction of sp³-hybridized carbons (Fsp3) is 0.704. The molecular weight excluding hydrogens is 626 g/mol. The van der Waals surface area contributed by atoms with Gasteiger partial charge in [-0.25, -0.2) is 0 Å². The molecule has 0 radical (unpaired) electrons. The van der Waals surface area contributed by atoms with Crippen molar-refractivity contribution in [3.8, 4) is 0 Å². The first kappa shape index (κ1) is 42.6. The number of aliphatic hydroxyl groups excluding tert-OH is 2. The summed E-state index contributed by atoms with van der Waals surface area (Å²) in [6.07, 6.45) is -2.23. The van der Waals surface area contributed by atoms with Crippen LogP contribution in [-0.4, -0.2) is 124 Å². The van der Waals surface area contributed by atoms with E-state index in [4.69, 9.17) is 22.3 Å². The standard InChI is InChI=1S/C27H49N9O11/c1-11(31-23(42)16(29)8-6-7-9-28)21(40)34-17(10-18(30)39)24(43)36-20(15(5)38)25(44)32-12(2)22(41)35-19(14(4)37)26(45)33-13(3)27(46)47/h11-17,19-20,37-38H,6-10,28-29H2,1-5H3,(H2,30,39)(H,31,42)(H,32,44)(H,33,45)(H,34,40)(H,35,41)(H,36,43)(H,46,47)/t11-,12-,13-,14+,15+,16-,17-,19-,20-/m0/s1. The van der Waals surface area contributed by atoms with Crippen molar-refractivity contribution in [1.82, 2.24) is 31.9 Å². The maximum Gasteiger partial charge on any atom is 0.325 e. The molecule has 0 saturated carbocycles. The zero-order chi connectivity index (χ0) is 36.6. The van der Waals surface area contributed by atoms with Gasteiger partial charge >= 0.3 is 5.97 Å². The Balaban J connectivity index is 5.54. The van der Waals surface area contributed by atoms with Crippen LogP contribution in [0.2, 0.25) is 0 Å². The van der Waals surface area contributed by atoms with Crippen molar-refractivity contribution in [2.45, 2.75) is 115 Å². The number of amides is 7. The second kappa shape index (κ2) is 20.7. The summed E-state index contributed by atoms with van der Waals surface area (Å²) in [5.41, 5.74) is 16.5. The fourth-order valence-corrected chi connectivity index (χ4v) is 3.81. The Kier molecular flexibility index (Phi) is 18.7. The molecule has 0 saturated heterocycles. The smallest absolute Gasteiger partial charge is 0.325 e. The molecule has 0 unspecified atom stereocenters. The van der Waals surface area contributed by atoms with Crippen LogP contribution in [0.5, 0.6) is 0 Å². The van der Waals surface area contributed by atoms with E-state index >= 15 is 0 Å². The Hall–Kier alpha value is -4.40. The average Bonchev–Trinajstić information content (AvgIpc) is 2.96. The zero-order valence-electron chi connectivity index (χ0n) is 27.1. The van der Waals surface area contributed by atoms with E-state index in [-0.39, 0.29) is 0 Å². The van der Waals surface area contributed by atoms with Crippen LogP contribution in [0.15, 0.2) is 0 Å². The van der Waals surface area contributed by atoms with Gasteiger partial charge in [0.05, 0.1) is 24.7 Å². The van der Waals surface area contributed by atoms with E-state index in [0.29, 0.717) is 25.8 Å². The molecule has 0 aromatic heterocycles. The van der Waals surface area contributed by atoms with Gasteiger partial charge in [-0.3, -0.25) is 38.4 Å². The number of unbranched alkanes of at least 4 members (excludes halogenated alkanes) is 1. The molecule has 0 aliphatic carbocycles. The number of carbonyl (C=O) groups excluding carboxylic acids is 7. The third-order valence-electron chi connectivity index (χ3n) is 6.70. The van der Waals surface area contributed by atoms with E-state index in [1.165, 1.54) is 13.8 Å². The Morgan fingerprint density at radius 2 is 1.02 bits per heavy atom. The summed E-state index contributed by atoms with van der Waals surface area (Å²) in [5.74, 6) is -8.14. The lowest BCUT2D eigenvalue weighted by atomic mass is 10.1. The average molecular weight is 676 g/mol. The van der Waals surface area contributed by atoms with Gasteiger partial charge in [0.25, 0.3) is 0 Å². The molecule has 0 rings (SSSR count). The minimum Gasteiger partial charge on any atom is -0.480 e. The van der Waals surface area contributed by atoms with Gasteiger partial charge < -0.3 is 64.4 Å². The number of rotatable bonds is 21. The first-order valence-corrected chi connectivity index (χ1v) is 14.9. The van der Waals surface area contributed by atoms with Crippen molar-refractivity contribution in [2.75, 3.05) is 6.54 Å². The van der Waals surface area contributed by atoms with E-state index < -0.39 is 108 Å². The van der Waals surface area contributed by atoms with E-state index in [9.17, 15) is 48.6 Å². The SMILES string of the molecule is C[C@H](NC(=O)[C@@H](NC(=O)[C@H](C)NC(=O)[C@@H](NC(=O)[C@H](CC(N)=O)NC(=O)[C@H](C)NC(=O)[C@@H](N)CCCCN)[C@@H](C)O)[C@@H](C)O)C(=O)O. The zero-order valence-corrected chi connectivity index (χ0v) is 27.1. The lowest BCUT2D eigenvalue weighted by molar-refractivity contribution is -0.142. The molecule has 20 nitrogen and oxygen atoms in total. The van der Waals surface area contributed by atoms with Crippen molar-refractivity contribution < 1.29 is 53.7 Å². The molecule has 0 aromatic carbocycles. The van der Waals surface area contributed by atoms with Gasteiger partial charge in [-0.15, -0.1) is 0 Å². The van der Waals surface area contributed by atoms with Crippen molar-refractivity contribution in [3.63, 3.8) is 0 Å². The molecule has 20 heteroatoms.